The second-order valence-electron chi connectivity index (χ2n) is 6.14. The maximum absolute atomic E-state index is 12.9. The van der Waals surface area contributed by atoms with Gasteiger partial charge in [-0.2, -0.15) is 0 Å². The van der Waals surface area contributed by atoms with E-state index in [2.05, 4.69) is 4.72 Å². The molecule has 2 aromatic rings. The van der Waals surface area contributed by atoms with Crippen LogP contribution in [0.4, 0.5) is 10.1 Å². The van der Waals surface area contributed by atoms with Crippen LogP contribution in [-0.4, -0.2) is 27.0 Å². The van der Waals surface area contributed by atoms with Crippen LogP contribution in [0.3, 0.4) is 0 Å². The number of fused-ring (bicyclic) bond motifs is 1. The van der Waals surface area contributed by atoms with E-state index in [1.165, 1.54) is 48.2 Å². The molecule has 3 rings (SSSR count). The van der Waals surface area contributed by atoms with E-state index < -0.39 is 10.0 Å². The molecule has 0 aliphatic carbocycles. The van der Waals surface area contributed by atoms with Crippen LogP contribution in [0.1, 0.15) is 19.4 Å². The Labute approximate surface area is 151 Å². The van der Waals surface area contributed by atoms with E-state index in [4.69, 9.17) is 4.74 Å². The van der Waals surface area contributed by atoms with Crippen LogP contribution >= 0.6 is 0 Å². The molecule has 0 radical (unpaired) electrons. The quantitative estimate of drug-likeness (QED) is 0.887. The number of nitrogens with zero attached hydrogens (tertiary/aromatic N) is 1. The molecule has 0 fully saturated rings. The van der Waals surface area contributed by atoms with Crippen molar-refractivity contribution in [2.24, 2.45) is 0 Å². The van der Waals surface area contributed by atoms with Gasteiger partial charge in [-0.15, -0.1) is 0 Å². The zero-order valence-corrected chi connectivity index (χ0v) is 15.2. The number of sulfonamides is 1. The van der Waals surface area contributed by atoms with E-state index in [0.29, 0.717) is 23.5 Å². The van der Waals surface area contributed by atoms with Gasteiger partial charge in [-0.05, 0) is 42.8 Å². The average Bonchev–Trinajstić information content (AvgIpc) is 2.60. The van der Waals surface area contributed by atoms with E-state index in [0.717, 1.165) is 0 Å². The first-order valence-corrected chi connectivity index (χ1v) is 9.57. The highest BCUT2D eigenvalue weighted by atomic mass is 32.2. The van der Waals surface area contributed by atoms with E-state index in [1.54, 1.807) is 6.07 Å². The SMILES string of the molecule is CC(=O)N1CC(C)Oc2ccc(S(=O)(=O)NCc3ccc(F)cc3)cc21. The van der Waals surface area contributed by atoms with Gasteiger partial charge in [0.1, 0.15) is 17.7 Å². The average molecular weight is 378 g/mol. The number of anilines is 1. The molecule has 26 heavy (non-hydrogen) atoms. The summed E-state index contributed by atoms with van der Waals surface area (Å²) in [6.45, 7) is 3.65. The molecule has 1 aliphatic heterocycles. The second-order valence-corrected chi connectivity index (χ2v) is 7.91. The molecule has 6 nitrogen and oxygen atoms in total. The Balaban J connectivity index is 1.85. The van der Waals surface area contributed by atoms with Crippen molar-refractivity contribution in [1.29, 1.82) is 0 Å². The smallest absolute Gasteiger partial charge is 0.240 e. The van der Waals surface area contributed by atoms with Crippen LogP contribution in [0.25, 0.3) is 0 Å². The summed E-state index contributed by atoms with van der Waals surface area (Å²) in [7, 11) is -3.80. The third-order valence-electron chi connectivity index (χ3n) is 4.06. The van der Waals surface area contributed by atoms with Crippen LogP contribution in [0.15, 0.2) is 47.4 Å². The summed E-state index contributed by atoms with van der Waals surface area (Å²) < 4.78 is 46.2. The highest BCUT2D eigenvalue weighted by Gasteiger charge is 2.27. The first kappa shape index (κ1) is 18.3. The molecule has 0 saturated carbocycles. The summed E-state index contributed by atoms with van der Waals surface area (Å²) in [6, 6.07) is 9.97. The van der Waals surface area contributed by atoms with Gasteiger partial charge in [0.15, 0.2) is 0 Å². The fourth-order valence-corrected chi connectivity index (χ4v) is 3.78. The van der Waals surface area contributed by atoms with Crippen molar-refractivity contribution in [1.82, 2.24) is 4.72 Å². The molecule has 0 bridgehead atoms. The van der Waals surface area contributed by atoms with Crippen molar-refractivity contribution >= 4 is 21.6 Å². The number of carbonyl (C=O) groups excluding carboxylic acids is 1. The van der Waals surface area contributed by atoms with Crippen LogP contribution in [0, 0.1) is 5.82 Å². The Hall–Kier alpha value is -2.45. The van der Waals surface area contributed by atoms with Gasteiger partial charge in [-0.1, -0.05) is 12.1 Å². The van der Waals surface area contributed by atoms with Crippen LogP contribution < -0.4 is 14.4 Å². The van der Waals surface area contributed by atoms with E-state index in [9.17, 15) is 17.6 Å². The number of benzene rings is 2. The Morgan fingerprint density at radius 3 is 2.62 bits per heavy atom. The summed E-state index contributed by atoms with van der Waals surface area (Å²) >= 11 is 0. The lowest BCUT2D eigenvalue weighted by Gasteiger charge is -2.33. The number of amides is 1. The van der Waals surface area contributed by atoms with Gasteiger partial charge in [-0.25, -0.2) is 17.5 Å². The second kappa shape index (κ2) is 7.05. The van der Waals surface area contributed by atoms with Crippen molar-refractivity contribution in [2.45, 2.75) is 31.4 Å². The minimum absolute atomic E-state index is 0.0303. The van der Waals surface area contributed by atoms with Crippen molar-refractivity contribution < 1.29 is 22.3 Å². The molecule has 1 heterocycles. The molecule has 0 spiro atoms. The number of hydrogen-bond donors (Lipinski definition) is 1. The Morgan fingerprint density at radius 1 is 1.27 bits per heavy atom. The molecule has 0 saturated heterocycles. The first-order chi connectivity index (χ1) is 12.3. The molecule has 2 aromatic carbocycles. The van der Waals surface area contributed by atoms with Crippen molar-refractivity contribution in [2.75, 3.05) is 11.4 Å². The fraction of sp³-hybridized carbons (Fsp3) is 0.278. The lowest BCUT2D eigenvalue weighted by atomic mass is 10.2. The van der Waals surface area contributed by atoms with Crippen molar-refractivity contribution in [3.8, 4) is 5.75 Å². The van der Waals surface area contributed by atoms with Crippen molar-refractivity contribution in [3.63, 3.8) is 0 Å². The maximum atomic E-state index is 12.9. The molecule has 8 heteroatoms. The highest BCUT2D eigenvalue weighted by molar-refractivity contribution is 7.89. The van der Waals surface area contributed by atoms with Crippen LogP contribution in [0.5, 0.6) is 5.75 Å². The normalized spacial score (nSPS) is 16.7. The molecular weight excluding hydrogens is 359 g/mol. The Bertz CT molecular complexity index is 929. The third kappa shape index (κ3) is 3.86. The molecule has 1 unspecified atom stereocenters. The van der Waals surface area contributed by atoms with E-state index >= 15 is 0 Å². The predicted molar refractivity (Wildman–Crippen MR) is 95.0 cm³/mol. The molecule has 138 valence electrons. The van der Waals surface area contributed by atoms with Crippen molar-refractivity contribution in [3.05, 3.63) is 53.8 Å². The topological polar surface area (TPSA) is 75.7 Å². The Kier molecular flexibility index (Phi) is 4.97. The van der Waals surface area contributed by atoms with Gasteiger partial charge in [0.25, 0.3) is 0 Å². The number of halogens is 1. The predicted octanol–water partition coefficient (Wildman–Crippen LogP) is 2.44. The zero-order chi connectivity index (χ0) is 18.9. The number of carbonyl (C=O) groups is 1. The molecule has 1 amide bonds. The molecular formula is C18H19FN2O4S. The monoisotopic (exact) mass is 378 g/mol. The standard InChI is InChI=1S/C18H19FN2O4S/c1-12-11-21(13(2)22)17-9-16(7-8-18(17)25-12)26(23,24)20-10-14-3-5-15(19)6-4-14/h3-9,12,20H,10-11H2,1-2H3. The number of hydrogen-bond acceptors (Lipinski definition) is 4. The minimum atomic E-state index is -3.80. The zero-order valence-electron chi connectivity index (χ0n) is 14.4. The number of rotatable bonds is 4. The van der Waals surface area contributed by atoms with Crippen LogP contribution in [0.2, 0.25) is 0 Å². The number of nitrogens with one attached hydrogen (secondary N) is 1. The summed E-state index contributed by atoms with van der Waals surface area (Å²) in [6.07, 6.45) is -0.176. The highest BCUT2D eigenvalue weighted by Crippen LogP contribution is 2.35. The minimum Gasteiger partial charge on any atom is -0.487 e. The Morgan fingerprint density at radius 2 is 1.96 bits per heavy atom. The molecule has 0 aromatic heterocycles. The molecule has 1 atom stereocenters. The first-order valence-electron chi connectivity index (χ1n) is 8.09. The molecule has 1 N–H and O–H groups in total. The fourth-order valence-electron chi connectivity index (χ4n) is 2.75. The van der Waals surface area contributed by atoms with Gasteiger partial charge < -0.3 is 9.64 Å². The maximum Gasteiger partial charge on any atom is 0.240 e. The van der Waals surface area contributed by atoms with Gasteiger partial charge in [0.2, 0.25) is 15.9 Å². The van der Waals surface area contributed by atoms with E-state index in [-0.39, 0.29) is 29.3 Å². The summed E-state index contributed by atoms with van der Waals surface area (Å²) in [5, 5.41) is 0. The molecule has 1 aliphatic rings. The summed E-state index contributed by atoms with van der Waals surface area (Å²) in [5.41, 5.74) is 1.07. The number of ether oxygens (including phenoxy) is 1. The van der Waals surface area contributed by atoms with E-state index in [1.807, 2.05) is 6.92 Å². The summed E-state index contributed by atoms with van der Waals surface area (Å²) in [4.78, 5) is 13.4. The lowest BCUT2D eigenvalue weighted by Crippen LogP contribution is -2.41. The lowest BCUT2D eigenvalue weighted by molar-refractivity contribution is -0.117. The third-order valence-corrected chi connectivity index (χ3v) is 5.46. The van der Waals surface area contributed by atoms with Gasteiger partial charge >= 0.3 is 0 Å². The van der Waals surface area contributed by atoms with Gasteiger partial charge in [0, 0.05) is 13.5 Å². The summed E-state index contributed by atoms with van der Waals surface area (Å²) in [5.74, 6) is -0.100. The largest absolute Gasteiger partial charge is 0.487 e. The van der Waals surface area contributed by atoms with Gasteiger partial charge in [-0.3, -0.25) is 4.79 Å². The van der Waals surface area contributed by atoms with Crippen LogP contribution in [-0.2, 0) is 21.4 Å². The van der Waals surface area contributed by atoms with Gasteiger partial charge in [0.05, 0.1) is 17.1 Å².